The molecule has 2 N–H and O–H groups in total. The lowest BCUT2D eigenvalue weighted by Gasteiger charge is -2.14. The lowest BCUT2D eigenvalue weighted by Crippen LogP contribution is -2.25. The van der Waals surface area contributed by atoms with Gasteiger partial charge in [-0.05, 0) is 24.7 Å². The molecular weight excluding hydrogens is 299 g/mol. The van der Waals surface area contributed by atoms with Crippen LogP contribution < -0.4 is 0 Å². The molecule has 5 nitrogen and oxygen atoms in total. The van der Waals surface area contributed by atoms with E-state index in [1.807, 2.05) is 0 Å². The quantitative estimate of drug-likeness (QED) is 0.890. The van der Waals surface area contributed by atoms with Crippen LogP contribution in [0.3, 0.4) is 0 Å². The van der Waals surface area contributed by atoms with Gasteiger partial charge in [-0.2, -0.15) is 18.3 Å². The first-order valence-corrected chi connectivity index (χ1v) is 6.37. The van der Waals surface area contributed by atoms with Gasteiger partial charge in [0.1, 0.15) is 0 Å². The minimum atomic E-state index is -4.38. The summed E-state index contributed by atoms with van der Waals surface area (Å²) < 4.78 is 37.7. The smallest absolute Gasteiger partial charge is 0.416 e. The maximum Gasteiger partial charge on any atom is 0.416 e. The van der Waals surface area contributed by atoms with E-state index < -0.39 is 17.7 Å². The summed E-state index contributed by atoms with van der Waals surface area (Å²) in [4.78, 5) is 12.2. The second kappa shape index (κ2) is 6.18. The summed E-state index contributed by atoms with van der Waals surface area (Å²) in [7, 11) is 1.64. The van der Waals surface area contributed by atoms with Crippen molar-refractivity contribution in [1.29, 1.82) is 0 Å². The van der Waals surface area contributed by atoms with Gasteiger partial charge in [0, 0.05) is 12.1 Å². The van der Waals surface area contributed by atoms with Crippen LogP contribution in [0.5, 0.6) is 0 Å². The van der Waals surface area contributed by atoms with Crippen molar-refractivity contribution in [3.8, 4) is 11.3 Å². The van der Waals surface area contributed by atoms with E-state index in [9.17, 15) is 18.0 Å². The van der Waals surface area contributed by atoms with Gasteiger partial charge in [0.05, 0.1) is 24.0 Å². The average molecular weight is 313 g/mol. The highest BCUT2D eigenvalue weighted by Gasteiger charge is 2.30. The molecule has 0 saturated heterocycles. The highest BCUT2D eigenvalue weighted by atomic mass is 19.4. The molecule has 2 aromatic rings. The molecule has 8 heteroatoms. The summed E-state index contributed by atoms with van der Waals surface area (Å²) in [5.74, 6) is -0.956. The van der Waals surface area contributed by atoms with Gasteiger partial charge in [-0.1, -0.05) is 12.1 Å². The van der Waals surface area contributed by atoms with Crippen molar-refractivity contribution in [2.45, 2.75) is 12.7 Å². The lowest BCUT2D eigenvalue weighted by molar-refractivity contribution is -0.138. The minimum Gasteiger partial charge on any atom is -0.480 e. The Morgan fingerprint density at radius 2 is 1.95 bits per heavy atom. The monoisotopic (exact) mass is 313 g/mol. The minimum absolute atomic E-state index is 0.141. The Morgan fingerprint density at radius 1 is 1.32 bits per heavy atom. The molecule has 1 heterocycles. The number of likely N-dealkylation sites (N-methyl/N-ethyl adjacent to an activating group) is 1. The van der Waals surface area contributed by atoms with Crippen molar-refractivity contribution in [3.63, 3.8) is 0 Å². The molecule has 118 valence electrons. The fourth-order valence-electron chi connectivity index (χ4n) is 2.08. The molecular formula is C14H14F3N3O2. The van der Waals surface area contributed by atoms with E-state index in [1.165, 1.54) is 18.3 Å². The number of alkyl halides is 3. The third-order valence-electron chi connectivity index (χ3n) is 3.06. The van der Waals surface area contributed by atoms with Crippen molar-refractivity contribution in [2.75, 3.05) is 13.6 Å². The molecule has 0 aliphatic heterocycles. The van der Waals surface area contributed by atoms with Crippen molar-refractivity contribution < 1.29 is 23.1 Å². The Hall–Kier alpha value is -2.35. The average Bonchev–Trinajstić information content (AvgIpc) is 2.84. The number of carboxylic acid groups (broad SMARTS) is 1. The third kappa shape index (κ3) is 3.85. The second-order valence-corrected chi connectivity index (χ2v) is 4.91. The van der Waals surface area contributed by atoms with Crippen LogP contribution in [0, 0.1) is 0 Å². The molecule has 0 bridgehead atoms. The van der Waals surface area contributed by atoms with E-state index in [-0.39, 0.29) is 6.54 Å². The number of halogens is 3. The molecule has 0 spiro atoms. The topological polar surface area (TPSA) is 69.2 Å². The summed E-state index contributed by atoms with van der Waals surface area (Å²) in [6.07, 6.45) is -2.84. The van der Waals surface area contributed by atoms with E-state index in [0.29, 0.717) is 23.4 Å². The Morgan fingerprint density at radius 3 is 2.50 bits per heavy atom. The van der Waals surface area contributed by atoms with Crippen LogP contribution in [0.25, 0.3) is 11.3 Å². The summed E-state index contributed by atoms with van der Waals surface area (Å²) in [6.45, 7) is 0.177. The number of carboxylic acids is 1. The molecule has 0 aliphatic rings. The highest BCUT2D eigenvalue weighted by Crippen LogP contribution is 2.31. The van der Waals surface area contributed by atoms with Crippen LogP contribution >= 0.6 is 0 Å². The maximum atomic E-state index is 12.6. The number of nitrogens with one attached hydrogen (secondary N) is 1. The van der Waals surface area contributed by atoms with Gasteiger partial charge in [0.15, 0.2) is 0 Å². The molecule has 0 radical (unpaired) electrons. The van der Waals surface area contributed by atoms with Gasteiger partial charge in [-0.15, -0.1) is 0 Å². The van der Waals surface area contributed by atoms with Crippen molar-refractivity contribution in [3.05, 3.63) is 41.6 Å². The molecule has 0 fully saturated rings. The van der Waals surface area contributed by atoms with Crippen molar-refractivity contribution >= 4 is 5.97 Å². The van der Waals surface area contributed by atoms with Gasteiger partial charge >= 0.3 is 12.1 Å². The third-order valence-corrected chi connectivity index (χ3v) is 3.06. The first-order chi connectivity index (χ1) is 10.3. The summed E-state index contributed by atoms with van der Waals surface area (Å²) in [6, 6.07) is 4.72. The largest absolute Gasteiger partial charge is 0.480 e. The van der Waals surface area contributed by atoms with Gasteiger partial charge in [-0.3, -0.25) is 14.8 Å². The number of benzene rings is 1. The Labute approximate surface area is 124 Å². The molecule has 0 aliphatic carbocycles. The number of hydrogen-bond donors (Lipinski definition) is 2. The van der Waals surface area contributed by atoms with E-state index in [1.54, 1.807) is 11.9 Å². The Kier molecular flexibility index (Phi) is 4.51. The molecule has 22 heavy (non-hydrogen) atoms. The normalized spacial score (nSPS) is 11.9. The summed E-state index contributed by atoms with van der Waals surface area (Å²) in [5, 5.41) is 15.3. The van der Waals surface area contributed by atoms with Gasteiger partial charge in [-0.25, -0.2) is 0 Å². The number of aliphatic carboxylic acids is 1. The summed E-state index contributed by atoms with van der Waals surface area (Å²) >= 11 is 0. The van der Waals surface area contributed by atoms with Gasteiger partial charge < -0.3 is 5.11 Å². The molecule has 0 atom stereocenters. The summed E-state index contributed by atoms with van der Waals surface area (Å²) in [5.41, 5.74) is 1.12. The molecule has 1 aromatic heterocycles. The highest BCUT2D eigenvalue weighted by molar-refractivity contribution is 5.69. The zero-order valence-corrected chi connectivity index (χ0v) is 11.7. The number of aromatic nitrogens is 2. The molecule has 0 saturated carbocycles. The van der Waals surface area contributed by atoms with Crippen LogP contribution in [-0.4, -0.2) is 39.8 Å². The number of rotatable bonds is 5. The van der Waals surface area contributed by atoms with E-state index in [2.05, 4.69) is 10.2 Å². The number of aromatic amines is 1. The van der Waals surface area contributed by atoms with Crippen LogP contribution in [0.4, 0.5) is 13.2 Å². The number of carbonyl (C=O) groups is 1. The van der Waals surface area contributed by atoms with E-state index in [0.717, 1.165) is 12.1 Å². The fourth-order valence-corrected chi connectivity index (χ4v) is 2.08. The lowest BCUT2D eigenvalue weighted by atomic mass is 10.1. The number of H-pyrrole nitrogens is 1. The van der Waals surface area contributed by atoms with Crippen molar-refractivity contribution in [1.82, 2.24) is 15.1 Å². The predicted octanol–water partition coefficient (Wildman–Crippen LogP) is 2.61. The predicted molar refractivity (Wildman–Crippen MR) is 73.0 cm³/mol. The van der Waals surface area contributed by atoms with Crippen LogP contribution in [0.2, 0.25) is 0 Å². The number of hydrogen-bond acceptors (Lipinski definition) is 3. The fraction of sp³-hybridized carbons (Fsp3) is 0.286. The maximum absolute atomic E-state index is 12.6. The molecule has 1 aromatic carbocycles. The van der Waals surface area contributed by atoms with Crippen molar-refractivity contribution in [2.24, 2.45) is 0 Å². The number of nitrogens with zero attached hydrogens (tertiary/aromatic N) is 2. The first kappa shape index (κ1) is 16.0. The zero-order chi connectivity index (χ0) is 16.3. The van der Waals surface area contributed by atoms with E-state index in [4.69, 9.17) is 5.11 Å². The Balaban J connectivity index is 2.20. The zero-order valence-electron chi connectivity index (χ0n) is 11.7. The standard InChI is InChI=1S/C14H14F3N3O2/c1-20(8-12(21)22)7-10-6-18-19-13(10)9-2-4-11(5-3-9)14(15,16)17/h2-6H,7-8H2,1H3,(H,18,19)(H,21,22). The second-order valence-electron chi connectivity index (χ2n) is 4.91. The molecule has 0 amide bonds. The first-order valence-electron chi connectivity index (χ1n) is 6.37. The SMILES string of the molecule is CN(CC(=O)O)Cc1cn[nH]c1-c1ccc(C(F)(F)F)cc1. The van der Waals surface area contributed by atoms with E-state index >= 15 is 0 Å². The van der Waals surface area contributed by atoms with Crippen LogP contribution in [0.1, 0.15) is 11.1 Å². The van der Waals surface area contributed by atoms with Crippen LogP contribution in [-0.2, 0) is 17.5 Å². The molecule has 0 unspecified atom stereocenters. The Bertz CT molecular complexity index is 650. The van der Waals surface area contributed by atoms with Gasteiger partial charge in [0.2, 0.25) is 0 Å². The van der Waals surface area contributed by atoms with Gasteiger partial charge in [0.25, 0.3) is 0 Å². The molecule has 2 rings (SSSR count). The van der Waals surface area contributed by atoms with Crippen LogP contribution in [0.15, 0.2) is 30.5 Å².